The van der Waals surface area contributed by atoms with Gasteiger partial charge in [0.15, 0.2) is 0 Å². The van der Waals surface area contributed by atoms with E-state index in [0.29, 0.717) is 18.8 Å². The molecule has 0 heterocycles. The molecule has 2 saturated carbocycles. The summed E-state index contributed by atoms with van der Waals surface area (Å²) < 4.78 is 47.2. The fourth-order valence-corrected chi connectivity index (χ4v) is 6.04. The first kappa shape index (κ1) is 26.1. The smallest absolute Gasteiger partial charge is 0.341 e. The van der Waals surface area contributed by atoms with Crippen molar-refractivity contribution >= 4 is 5.97 Å². The highest BCUT2D eigenvalue weighted by atomic mass is 19.3. The number of esters is 1. The molecule has 0 aromatic heterocycles. The minimum Gasteiger partial charge on any atom is -0.459 e. The summed E-state index contributed by atoms with van der Waals surface area (Å²) in [5.74, 6) is 0.439. The Morgan fingerprint density at radius 3 is 2.15 bits per heavy atom. The molecule has 2 nitrogen and oxygen atoms in total. The fourth-order valence-electron chi connectivity index (χ4n) is 6.04. The van der Waals surface area contributed by atoms with Crippen molar-refractivity contribution in [3.8, 4) is 0 Å². The lowest BCUT2D eigenvalue weighted by atomic mass is 9.70. The van der Waals surface area contributed by atoms with Gasteiger partial charge in [0.25, 0.3) is 6.43 Å². The number of carbonyl (C=O) groups excluding carboxylic acids is 1. The lowest BCUT2D eigenvalue weighted by molar-refractivity contribution is 0.0104. The third-order valence-corrected chi connectivity index (χ3v) is 7.99. The topological polar surface area (TPSA) is 26.3 Å². The molecule has 5 heteroatoms. The molecule has 2 fully saturated rings. The van der Waals surface area contributed by atoms with Gasteiger partial charge in [-0.25, -0.2) is 18.0 Å². The molecule has 1 aromatic rings. The van der Waals surface area contributed by atoms with Gasteiger partial charge in [0, 0.05) is 0 Å². The molecule has 2 aliphatic rings. The fraction of sp³-hybridized carbons (Fsp3) is 0.750. The molecule has 0 bridgehead atoms. The zero-order valence-corrected chi connectivity index (χ0v) is 20.4. The van der Waals surface area contributed by atoms with Crippen LogP contribution in [0.25, 0.3) is 0 Å². The lowest BCUT2D eigenvalue weighted by Crippen LogP contribution is -2.30. The molecule has 0 spiro atoms. The highest BCUT2D eigenvalue weighted by Crippen LogP contribution is 2.42. The van der Waals surface area contributed by atoms with Gasteiger partial charge in [-0.1, -0.05) is 64.9 Å². The van der Waals surface area contributed by atoms with E-state index >= 15 is 0 Å². The zero-order chi connectivity index (χ0) is 23.8. The van der Waals surface area contributed by atoms with E-state index in [4.69, 9.17) is 4.74 Å². The first-order valence-electron chi connectivity index (χ1n) is 13.2. The van der Waals surface area contributed by atoms with Crippen molar-refractivity contribution in [2.45, 2.75) is 116 Å². The summed E-state index contributed by atoms with van der Waals surface area (Å²) in [5, 5.41) is 0. The molecule has 0 radical (unpaired) electrons. The highest BCUT2D eigenvalue weighted by Gasteiger charge is 2.33. The monoisotopic (exact) mass is 466 g/mol. The van der Waals surface area contributed by atoms with Crippen molar-refractivity contribution in [1.29, 1.82) is 0 Å². The summed E-state index contributed by atoms with van der Waals surface area (Å²) in [4.78, 5) is 12.6. The van der Waals surface area contributed by atoms with Crippen LogP contribution in [0, 0.1) is 23.6 Å². The van der Waals surface area contributed by atoms with Crippen molar-refractivity contribution in [2.24, 2.45) is 17.8 Å². The van der Waals surface area contributed by atoms with E-state index in [1.807, 2.05) is 6.92 Å². The van der Waals surface area contributed by atoms with E-state index in [1.165, 1.54) is 63.5 Å². The maximum absolute atomic E-state index is 14.8. The first-order valence-corrected chi connectivity index (χ1v) is 13.2. The van der Waals surface area contributed by atoms with Crippen molar-refractivity contribution in [3.63, 3.8) is 0 Å². The van der Waals surface area contributed by atoms with Crippen molar-refractivity contribution in [1.82, 2.24) is 0 Å². The number of hydrogen-bond donors (Lipinski definition) is 0. The molecule has 33 heavy (non-hydrogen) atoms. The maximum Gasteiger partial charge on any atom is 0.341 e. The van der Waals surface area contributed by atoms with E-state index in [1.54, 1.807) is 0 Å². The molecule has 0 aliphatic heterocycles. The number of unbranched alkanes of at least 4 members (excludes halogenated alkanes) is 2. The zero-order valence-electron chi connectivity index (χ0n) is 20.4. The van der Waals surface area contributed by atoms with E-state index in [2.05, 4.69) is 6.92 Å². The summed E-state index contributed by atoms with van der Waals surface area (Å²) in [6, 6.07) is 2.75. The van der Waals surface area contributed by atoms with E-state index in [-0.39, 0.29) is 17.2 Å². The number of rotatable bonds is 10. The predicted molar refractivity (Wildman–Crippen MR) is 126 cm³/mol. The maximum atomic E-state index is 14.8. The molecule has 3 rings (SSSR count). The Kier molecular flexibility index (Phi) is 10.1. The molecule has 0 N–H and O–H groups in total. The Labute approximate surface area is 197 Å². The quantitative estimate of drug-likeness (QED) is 0.254. The van der Waals surface area contributed by atoms with Crippen molar-refractivity contribution in [3.05, 3.63) is 34.6 Å². The Hall–Kier alpha value is -1.52. The van der Waals surface area contributed by atoms with E-state index in [0.717, 1.165) is 37.5 Å². The third kappa shape index (κ3) is 6.99. The summed E-state index contributed by atoms with van der Waals surface area (Å²) in [6.07, 6.45) is 12.1. The summed E-state index contributed by atoms with van der Waals surface area (Å²) in [5.41, 5.74) is -0.754. The number of aryl methyl sites for hydroxylation is 1. The minimum atomic E-state index is -2.95. The van der Waals surface area contributed by atoms with Gasteiger partial charge in [0.2, 0.25) is 0 Å². The molecule has 0 amide bonds. The van der Waals surface area contributed by atoms with Gasteiger partial charge in [-0.05, 0) is 74.3 Å². The molecule has 2 aliphatic carbocycles. The third-order valence-electron chi connectivity index (χ3n) is 7.99. The van der Waals surface area contributed by atoms with Gasteiger partial charge in [-0.3, -0.25) is 0 Å². The Balaban J connectivity index is 1.48. The van der Waals surface area contributed by atoms with Gasteiger partial charge in [0.1, 0.15) is 11.9 Å². The van der Waals surface area contributed by atoms with Crippen LogP contribution >= 0.6 is 0 Å². The second-order valence-electron chi connectivity index (χ2n) is 10.3. The van der Waals surface area contributed by atoms with Gasteiger partial charge >= 0.3 is 5.97 Å². The van der Waals surface area contributed by atoms with Crippen molar-refractivity contribution < 1.29 is 22.7 Å². The SMILES string of the molecule is CCCCCC1CCC(C2CCC(OC(=O)c3ccc(CCC)c(C(F)F)c3F)CC2)CC1. The van der Waals surface area contributed by atoms with Gasteiger partial charge in [-0.2, -0.15) is 0 Å². The van der Waals surface area contributed by atoms with Gasteiger partial charge in [-0.15, -0.1) is 0 Å². The van der Waals surface area contributed by atoms with Crippen LogP contribution in [-0.4, -0.2) is 12.1 Å². The molecule has 0 atom stereocenters. The Bertz CT molecular complexity index is 748. The second kappa shape index (κ2) is 12.8. The first-order chi connectivity index (χ1) is 15.9. The predicted octanol–water partition coefficient (Wildman–Crippen LogP) is 8.82. The van der Waals surface area contributed by atoms with Crippen LogP contribution in [0.15, 0.2) is 12.1 Å². The van der Waals surface area contributed by atoms with Crippen LogP contribution in [-0.2, 0) is 11.2 Å². The van der Waals surface area contributed by atoms with Crippen LogP contribution in [0.4, 0.5) is 13.2 Å². The summed E-state index contributed by atoms with van der Waals surface area (Å²) in [6.45, 7) is 4.11. The van der Waals surface area contributed by atoms with Crippen LogP contribution in [0.1, 0.15) is 125 Å². The standard InChI is InChI=1S/C28H41F3O2/c1-3-5-6-8-19-9-11-20(12-10-19)21-13-16-23(17-14-21)33-28(32)24-18-15-22(7-4-2)25(26(24)29)27(30)31/h15,18-21,23,27H,3-14,16-17H2,1-2H3. The normalized spacial score (nSPS) is 25.9. The number of alkyl halides is 2. The van der Waals surface area contributed by atoms with E-state index < -0.39 is 23.8 Å². The molecule has 0 saturated heterocycles. The molecular weight excluding hydrogens is 425 g/mol. The lowest BCUT2D eigenvalue weighted by Gasteiger charge is -2.37. The molecule has 186 valence electrons. The largest absolute Gasteiger partial charge is 0.459 e. The number of hydrogen-bond acceptors (Lipinski definition) is 2. The number of carbonyl (C=O) groups is 1. The summed E-state index contributed by atoms with van der Waals surface area (Å²) >= 11 is 0. The molecule has 1 aromatic carbocycles. The Morgan fingerprint density at radius 2 is 1.58 bits per heavy atom. The number of ether oxygens (including phenoxy) is 1. The van der Waals surface area contributed by atoms with Crippen LogP contribution in [0.3, 0.4) is 0 Å². The summed E-state index contributed by atoms with van der Waals surface area (Å²) in [7, 11) is 0. The second-order valence-corrected chi connectivity index (χ2v) is 10.3. The number of halogens is 3. The molecule has 0 unspecified atom stereocenters. The Morgan fingerprint density at radius 1 is 0.939 bits per heavy atom. The number of benzene rings is 1. The van der Waals surface area contributed by atoms with Crippen LogP contribution in [0.2, 0.25) is 0 Å². The average molecular weight is 467 g/mol. The average Bonchev–Trinajstić information content (AvgIpc) is 2.80. The van der Waals surface area contributed by atoms with Gasteiger partial charge in [0.05, 0.1) is 11.1 Å². The van der Waals surface area contributed by atoms with Crippen LogP contribution in [0.5, 0.6) is 0 Å². The van der Waals surface area contributed by atoms with Crippen LogP contribution < -0.4 is 0 Å². The molecular formula is C28H41F3O2. The highest BCUT2D eigenvalue weighted by molar-refractivity contribution is 5.90. The van der Waals surface area contributed by atoms with Gasteiger partial charge < -0.3 is 4.74 Å². The van der Waals surface area contributed by atoms with Crippen molar-refractivity contribution in [2.75, 3.05) is 0 Å². The van der Waals surface area contributed by atoms with E-state index in [9.17, 15) is 18.0 Å². The minimum absolute atomic E-state index is 0.246.